The van der Waals surface area contributed by atoms with Gasteiger partial charge in [-0.1, -0.05) is 41.7 Å². The van der Waals surface area contributed by atoms with E-state index < -0.39 is 0 Å². The molecule has 7 heteroatoms. The van der Waals surface area contributed by atoms with Crippen LogP contribution in [0.3, 0.4) is 0 Å². The van der Waals surface area contributed by atoms with Gasteiger partial charge in [0.1, 0.15) is 10.7 Å². The van der Waals surface area contributed by atoms with Crippen LogP contribution in [0.4, 0.5) is 5.13 Å². The Morgan fingerprint density at radius 2 is 2.18 bits per heavy atom. The number of nitrogens with one attached hydrogen (secondary N) is 1. The summed E-state index contributed by atoms with van der Waals surface area (Å²) in [4.78, 5) is 27.7. The molecule has 4 rings (SSSR count). The second kappa shape index (κ2) is 8.14. The minimum absolute atomic E-state index is 0.282. The molecule has 2 aromatic heterocycles. The molecular weight excluding hydrogens is 372 g/mol. The van der Waals surface area contributed by atoms with Gasteiger partial charge in [-0.2, -0.15) is 0 Å². The van der Waals surface area contributed by atoms with Crippen LogP contribution in [-0.2, 0) is 4.74 Å². The molecular formula is C21H24N4O2S. The highest BCUT2D eigenvalue weighted by atomic mass is 32.1. The lowest BCUT2D eigenvalue weighted by atomic mass is 9.98. The number of hydrogen-bond donors (Lipinski definition) is 1. The van der Waals surface area contributed by atoms with Crippen molar-refractivity contribution in [2.75, 3.05) is 24.6 Å². The number of nitrogens with zero attached hydrogens (tertiary/aromatic N) is 3. The van der Waals surface area contributed by atoms with Crippen LogP contribution in [0.1, 0.15) is 46.9 Å². The number of aromatic amines is 1. The summed E-state index contributed by atoms with van der Waals surface area (Å²) in [5, 5.41) is 0.889. The topological polar surface area (TPSA) is 71.1 Å². The summed E-state index contributed by atoms with van der Waals surface area (Å²) in [5.74, 6) is 1.06. The van der Waals surface area contributed by atoms with Crippen LogP contribution in [-0.4, -0.2) is 40.6 Å². The Morgan fingerprint density at radius 3 is 2.96 bits per heavy atom. The van der Waals surface area contributed by atoms with Gasteiger partial charge in [0.15, 0.2) is 5.13 Å². The van der Waals surface area contributed by atoms with Crippen molar-refractivity contribution in [2.45, 2.75) is 32.6 Å². The Kier molecular flexibility index (Phi) is 5.43. The molecule has 1 saturated heterocycles. The molecule has 1 atom stereocenters. The van der Waals surface area contributed by atoms with Gasteiger partial charge in [-0.05, 0) is 32.3 Å². The monoisotopic (exact) mass is 396 g/mol. The average molecular weight is 397 g/mol. The number of anilines is 1. The maximum atomic E-state index is 12.1. The summed E-state index contributed by atoms with van der Waals surface area (Å²) in [6.45, 7) is 5.85. The number of carbonyl (C=O) groups is 1. The first-order valence-corrected chi connectivity index (χ1v) is 10.5. The predicted octanol–water partition coefficient (Wildman–Crippen LogP) is 4.40. The van der Waals surface area contributed by atoms with Crippen molar-refractivity contribution >= 4 is 22.4 Å². The van der Waals surface area contributed by atoms with Gasteiger partial charge in [0, 0.05) is 19.0 Å². The quantitative estimate of drug-likeness (QED) is 0.647. The zero-order chi connectivity index (χ0) is 19.5. The van der Waals surface area contributed by atoms with Crippen LogP contribution in [0.15, 0.2) is 36.5 Å². The average Bonchev–Trinajstić information content (AvgIpc) is 3.36. The number of hydrogen-bond acceptors (Lipinski definition) is 6. The van der Waals surface area contributed by atoms with E-state index in [0.717, 1.165) is 53.8 Å². The number of carbonyl (C=O) groups excluding carboxylic acids is 1. The van der Waals surface area contributed by atoms with Crippen molar-refractivity contribution in [3.8, 4) is 11.3 Å². The van der Waals surface area contributed by atoms with Gasteiger partial charge in [0.25, 0.3) is 0 Å². The number of aromatic nitrogens is 3. The van der Waals surface area contributed by atoms with Crippen LogP contribution in [0, 0.1) is 6.92 Å². The normalized spacial score (nSPS) is 16.9. The van der Waals surface area contributed by atoms with E-state index in [4.69, 9.17) is 4.74 Å². The summed E-state index contributed by atoms with van der Waals surface area (Å²) in [7, 11) is 0. The fourth-order valence-corrected chi connectivity index (χ4v) is 4.58. The number of piperidine rings is 1. The summed E-state index contributed by atoms with van der Waals surface area (Å²) < 4.78 is 5.14. The van der Waals surface area contributed by atoms with Crippen molar-refractivity contribution in [1.29, 1.82) is 0 Å². The SMILES string of the molecule is CCOC(=O)c1sc(N2CCCC(c3ncc(-c4ccccc4)[nH]3)C2)nc1C. The van der Waals surface area contributed by atoms with E-state index in [1.54, 1.807) is 0 Å². The predicted molar refractivity (Wildman–Crippen MR) is 111 cm³/mol. The van der Waals surface area contributed by atoms with Gasteiger partial charge >= 0.3 is 5.97 Å². The van der Waals surface area contributed by atoms with Gasteiger partial charge in [-0.3, -0.25) is 0 Å². The molecule has 0 amide bonds. The fraction of sp³-hybridized carbons (Fsp3) is 0.381. The molecule has 1 aliphatic rings. The zero-order valence-electron chi connectivity index (χ0n) is 16.1. The number of imidazole rings is 1. The largest absolute Gasteiger partial charge is 0.462 e. The van der Waals surface area contributed by atoms with E-state index in [9.17, 15) is 4.79 Å². The highest BCUT2D eigenvalue weighted by Crippen LogP contribution is 2.33. The molecule has 1 aliphatic heterocycles. The zero-order valence-corrected chi connectivity index (χ0v) is 17.0. The molecule has 1 aromatic carbocycles. The minimum atomic E-state index is -0.282. The molecule has 6 nitrogen and oxygen atoms in total. The molecule has 28 heavy (non-hydrogen) atoms. The van der Waals surface area contributed by atoms with E-state index in [1.165, 1.54) is 11.3 Å². The second-order valence-corrected chi connectivity index (χ2v) is 7.94. The summed E-state index contributed by atoms with van der Waals surface area (Å²) in [6.07, 6.45) is 4.07. The number of thiazole rings is 1. The Bertz CT molecular complexity index is 950. The van der Waals surface area contributed by atoms with Gasteiger partial charge in [0.2, 0.25) is 0 Å². The first-order chi connectivity index (χ1) is 13.7. The number of H-pyrrole nitrogens is 1. The number of ether oxygens (including phenoxy) is 1. The summed E-state index contributed by atoms with van der Waals surface area (Å²) in [6, 6.07) is 10.2. The number of esters is 1. The fourth-order valence-electron chi connectivity index (χ4n) is 3.59. The maximum absolute atomic E-state index is 12.1. The smallest absolute Gasteiger partial charge is 0.350 e. The second-order valence-electron chi connectivity index (χ2n) is 6.96. The van der Waals surface area contributed by atoms with Crippen LogP contribution >= 0.6 is 11.3 Å². The van der Waals surface area contributed by atoms with Gasteiger partial charge in [-0.25, -0.2) is 14.8 Å². The lowest BCUT2D eigenvalue weighted by molar-refractivity contribution is 0.0531. The highest BCUT2D eigenvalue weighted by molar-refractivity contribution is 7.17. The van der Waals surface area contributed by atoms with Crippen LogP contribution in [0.5, 0.6) is 0 Å². The standard InChI is InChI=1S/C21H24N4O2S/c1-3-27-20(26)18-14(2)23-21(28-18)25-11-7-10-16(13-25)19-22-12-17(24-19)15-8-5-4-6-9-15/h4-6,8-9,12,16H,3,7,10-11,13H2,1-2H3,(H,22,24). The first-order valence-electron chi connectivity index (χ1n) is 9.65. The lowest BCUT2D eigenvalue weighted by Crippen LogP contribution is -2.34. The van der Waals surface area contributed by atoms with Crippen molar-refractivity contribution in [3.63, 3.8) is 0 Å². The van der Waals surface area contributed by atoms with E-state index >= 15 is 0 Å². The molecule has 1 N–H and O–H groups in total. The molecule has 1 fully saturated rings. The number of rotatable bonds is 5. The van der Waals surface area contributed by atoms with E-state index in [1.807, 2.05) is 38.2 Å². The molecule has 146 valence electrons. The van der Waals surface area contributed by atoms with Crippen molar-refractivity contribution in [3.05, 3.63) is 52.9 Å². The Balaban J connectivity index is 1.50. The third-order valence-electron chi connectivity index (χ3n) is 5.01. The van der Waals surface area contributed by atoms with E-state index in [-0.39, 0.29) is 5.97 Å². The summed E-state index contributed by atoms with van der Waals surface area (Å²) >= 11 is 1.42. The lowest BCUT2D eigenvalue weighted by Gasteiger charge is -2.31. The number of aryl methyl sites for hydroxylation is 1. The molecule has 0 saturated carbocycles. The Labute approximate surface area is 168 Å². The van der Waals surface area contributed by atoms with Crippen LogP contribution in [0.25, 0.3) is 11.3 Å². The molecule has 1 unspecified atom stereocenters. The molecule has 0 spiro atoms. The van der Waals surface area contributed by atoms with Gasteiger partial charge < -0.3 is 14.6 Å². The van der Waals surface area contributed by atoms with Crippen molar-refractivity contribution in [2.24, 2.45) is 0 Å². The molecule has 0 radical (unpaired) electrons. The molecule has 0 aliphatic carbocycles. The van der Waals surface area contributed by atoms with E-state index in [2.05, 4.69) is 32.0 Å². The molecule has 3 heterocycles. The minimum Gasteiger partial charge on any atom is -0.462 e. The third kappa shape index (κ3) is 3.80. The van der Waals surface area contributed by atoms with Crippen molar-refractivity contribution in [1.82, 2.24) is 15.0 Å². The number of benzene rings is 1. The van der Waals surface area contributed by atoms with Crippen LogP contribution < -0.4 is 4.90 Å². The summed E-state index contributed by atoms with van der Waals surface area (Å²) in [5.41, 5.74) is 2.93. The van der Waals surface area contributed by atoms with Crippen molar-refractivity contribution < 1.29 is 9.53 Å². The van der Waals surface area contributed by atoms with E-state index in [0.29, 0.717) is 17.4 Å². The third-order valence-corrected chi connectivity index (χ3v) is 6.20. The van der Waals surface area contributed by atoms with Gasteiger partial charge in [0.05, 0.1) is 24.2 Å². The Hall–Kier alpha value is -2.67. The maximum Gasteiger partial charge on any atom is 0.350 e. The highest BCUT2D eigenvalue weighted by Gasteiger charge is 2.27. The molecule has 0 bridgehead atoms. The first kappa shape index (κ1) is 18.7. The van der Waals surface area contributed by atoms with Crippen LogP contribution in [0.2, 0.25) is 0 Å². The molecule has 3 aromatic rings. The van der Waals surface area contributed by atoms with Gasteiger partial charge in [-0.15, -0.1) is 0 Å². The Morgan fingerprint density at radius 1 is 1.36 bits per heavy atom.